The van der Waals surface area contributed by atoms with E-state index in [0.29, 0.717) is 5.75 Å². The molecule has 0 spiro atoms. The molecule has 4 heteroatoms. The monoisotopic (exact) mass is 362 g/mol. The van der Waals surface area contributed by atoms with Gasteiger partial charge in [0.2, 0.25) is 0 Å². The first-order valence-corrected chi connectivity index (χ1v) is 7.83. The molecule has 0 aliphatic carbocycles. The minimum Gasteiger partial charge on any atom is -0.481 e. The quantitative estimate of drug-likeness (QED) is 0.585. The average Bonchev–Trinajstić information content (AvgIpc) is 2.35. The van der Waals surface area contributed by atoms with Gasteiger partial charge in [0.1, 0.15) is 11.5 Å². The van der Waals surface area contributed by atoms with E-state index >= 15 is 0 Å². The van der Waals surface area contributed by atoms with Gasteiger partial charge >= 0.3 is 5.97 Å². The number of benzene rings is 2. The maximum absolute atomic E-state index is 11.9. The Morgan fingerprint density at radius 1 is 0.955 bits per heavy atom. The zero-order valence-electron chi connectivity index (χ0n) is 13.2. The summed E-state index contributed by atoms with van der Waals surface area (Å²) in [6.07, 6.45) is 0. The summed E-state index contributed by atoms with van der Waals surface area (Å²) in [5.41, 5.74) is 4.07. The Labute approximate surface area is 139 Å². The van der Waals surface area contributed by atoms with E-state index < -0.39 is 5.97 Å². The van der Waals surface area contributed by atoms with Crippen LogP contribution in [-0.4, -0.2) is 12.6 Å². The second kappa shape index (κ2) is 6.97. The lowest BCUT2D eigenvalue weighted by molar-refractivity contribution is -0.136. The molecular weight excluding hydrogens is 344 g/mol. The lowest BCUT2D eigenvalue weighted by Gasteiger charge is -2.12. The highest BCUT2D eigenvalue weighted by Crippen LogP contribution is 2.27. The third-order valence-corrected chi connectivity index (χ3v) is 3.64. The largest absolute Gasteiger partial charge is 0.481 e. The van der Waals surface area contributed by atoms with Crippen LogP contribution in [0.2, 0.25) is 0 Å². The van der Waals surface area contributed by atoms with Crippen molar-refractivity contribution in [1.29, 1.82) is 0 Å². The molecule has 2 aromatic rings. The highest BCUT2D eigenvalue weighted by Gasteiger charge is 2.11. The van der Waals surface area contributed by atoms with Crippen molar-refractivity contribution in [2.24, 2.45) is 0 Å². The smallest absolute Gasteiger partial charge is 0.349 e. The Balaban J connectivity index is 2.01. The number of hydrogen-bond acceptors (Lipinski definition) is 3. The molecule has 0 aromatic heterocycles. The van der Waals surface area contributed by atoms with Gasteiger partial charge in [-0.15, -0.1) is 0 Å². The predicted octanol–water partition coefficient (Wildman–Crippen LogP) is 4.67. The molecule has 0 amide bonds. The van der Waals surface area contributed by atoms with Crippen molar-refractivity contribution in [3.05, 3.63) is 57.1 Å². The number of rotatable bonds is 4. The van der Waals surface area contributed by atoms with E-state index in [2.05, 4.69) is 15.9 Å². The van der Waals surface area contributed by atoms with Crippen LogP contribution in [0.1, 0.15) is 22.3 Å². The standard InChI is InChI=1S/C18H19BrO3/c1-11-5-12(2)7-16(6-11)22-17(20)10-21-18-13(3)8-15(19)9-14(18)4/h5-9H,10H2,1-4H3. The van der Waals surface area contributed by atoms with E-state index in [1.807, 2.05) is 58.0 Å². The van der Waals surface area contributed by atoms with Gasteiger partial charge in [-0.3, -0.25) is 0 Å². The van der Waals surface area contributed by atoms with E-state index in [1.165, 1.54) is 0 Å². The van der Waals surface area contributed by atoms with Crippen LogP contribution in [-0.2, 0) is 4.79 Å². The fourth-order valence-corrected chi connectivity index (χ4v) is 3.10. The summed E-state index contributed by atoms with van der Waals surface area (Å²) in [6, 6.07) is 9.61. The van der Waals surface area contributed by atoms with Crippen LogP contribution in [0.3, 0.4) is 0 Å². The number of hydrogen-bond donors (Lipinski definition) is 0. The minimum absolute atomic E-state index is 0.115. The first-order valence-electron chi connectivity index (χ1n) is 7.03. The van der Waals surface area contributed by atoms with Gasteiger partial charge in [-0.1, -0.05) is 22.0 Å². The first kappa shape index (κ1) is 16.6. The normalized spacial score (nSPS) is 10.4. The number of esters is 1. The second-order valence-corrected chi connectivity index (χ2v) is 6.37. The van der Waals surface area contributed by atoms with Crippen LogP contribution in [0.15, 0.2) is 34.8 Å². The van der Waals surface area contributed by atoms with Crippen LogP contribution in [0.5, 0.6) is 11.5 Å². The third kappa shape index (κ3) is 4.34. The molecule has 0 aliphatic rings. The van der Waals surface area contributed by atoms with Gasteiger partial charge in [-0.05, 0) is 74.2 Å². The lowest BCUT2D eigenvalue weighted by atomic mass is 10.1. The Bertz CT molecular complexity index is 664. The number of halogens is 1. The average molecular weight is 363 g/mol. The summed E-state index contributed by atoms with van der Waals surface area (Å²) < 4.78 is 11.9. The summed E-state index contributed by atoms with van der Waals surface area (Å²) in [5.74, 6) is 0.864. The molecule has 2 aromatic carbocycles. The Morgan fingerprint density at radius 3 is 2.05 bits per heavy atom. The van der Waals surface area contributed by atoms with Gasteiger partial charge in [-0.2, -0.15) is 0 Å². The Kier molecular flexibility index (Phi) is 5.24. The summed E-state index contributed by atoms with van der Waals surface area (Å²) in [4.78, 5) is 11.9. The second-order valence-electron chi connectivity index (χ2n) is 5.45. The molecule has 2 rings (SSSR count). The zero-order chi connectivity index (χ0) is 16.3. The molecule has 0 bridgehead atoms. The Morgan fingerprint density at radius 2 is 1.50 bits per heavy atom. The zero-order valence-corrected chi connectivity index (χ0v) is 14.8. The molecule has 0 heterocycles. The van der Waals surface area contributed by atoms with E-state index in [4.69, 9.17) is 9.47 Å². The van der Waals surface area contributed by atoms with E-state index in [0.717, 1.165) is 32.5 Å². The summed E-state index contributed by atoms with van der Waals surface area (Å²) in [5, 5.41) is 0. The van der Waals surface area contributed by atoms with Gasteiger partial charge in [-0.25, -0.2) is 4.79 Å². The van der Waals surface area contributed by atoms with Crippen LogP contribution in [0, 0.1) is 27.7 Å². The molecule has 0 atom stereocenters. The van der Waals surface area contributed by atoms with Crippen LogP contribution < -0.4 is 9.47 Å². The molecule has 0 unspecified atom stereocenters. The molecule has 0 fully saturated rings. The number of carbonyl (C=O) groups excluding carboxylic acids is 1. The topological polar surface area (TPSA) is 35.5 Å². The highest BCUT2D eigenvalue weighted by atomic mass is 79.9. The van der Waals surface area contributed by atoms with E-state index in [9.17, 15) is 4.79 Å². The van der Waals surface area contributed by atoms with Crippen molar-refractivity contribution in [1.82, 2.24) is 0 Å². The van der Waals surface area contributed by atoms with Gasteiger partial charge < -0.3 is 9.47 Å². The molecule has 22 heavy (non-hydrogen) atoms. The molecule has 0 saturated carbocycles. The van der Waals surface area contributed by atoms with E-state index in [-0.39, 0.29) is 6.61 Å². The van der Waals surface area contributed by atoms with Crippen molar-refractivity contribution in [3.8, 4) is 11.5 Å². The van der Waals surface area contributed by atoms with Crippen molar-refractivity contribution in [2.75, 3.05) is 6.61 Å². The SMILES string of the molecule is Cc1cc(C)cc(OC(=O)COc2c(C)cc(Br)cc2C)c1. The lowest BCUT2D eigenvalue weighted by Crippen LogP contribution is -2.18. The maximum Gasteiger partial charge on any atom is 0.349 e. The Hall–Kier alpha value is -1.81. The van der Waals surface area contributed by atoms with Crippen LogP contribution in [0.25, 0.3) is 0 Å². The number of ether oxygens (including phenoxy) is 2. The van der Waals surface area contributed by atoms with Crippen molar-refractivity contribution in [3.63, 3.8) is 0 Å². The van der Waals surface area contributed by atoms with E-state index in [1.54, 1.807) is 0 Å². The predicted molar refractivity (Wildman–Crippen MR) is 90.7 cm³/mol. The summed E-state index contributed by atoms with van der Waals surface area (Å²) >= 11 is 3.44. The fourth-order valence-electron chi connectivity index (χ4n) is 2.41. The van der Waals surface area contributed by atoms with Gasteiger partial charge in [0, 0.05) is 4.47 Å². The fraction of sp³-hybridized carbons (Fsp3) is 0.278. The summed E-state index contributed by atoms with van der Waals surface area (Å²) in [6.45, 7) is 7.71. The number of carbonyl (C=O) groups is 1. The molecule has 0 saturated heterocycles. The molecule has 116 valence electrons. The molecule has 0 aliphatic heterocycles. The maximum atomic E-state index is 11.9. The minimum atomic E-state index is -0.410. The summed E-state index contributed by atoms with van der Waals surface area (Å²) in [7, 11) is 0. The first-order chi connectivity index (χ1) is 10.3. The van der Waals surface area contributed by atoms with Crippen LogP contribution in [0.4, 0.5) is 0 Å². The highest BCUT2D eigenvalue weighted by molar-refractivity contribution is 9.10. The molecule has 3 nitrogen and oxygen atoms in total. The van der Waals surface area contributed by atoms with Crippen molar-refractivity contribution >= 4 is 21.9 Å². The molecule has 0 N–H and O–H groups in total. The molecule has 0 radical (unpaired) electrons. The van der Waals surface area contributed by atoms with Crippen molar-refractivity contribution in [2.45, 2.75) is 27.7 Å². The molecular formula is C18H19BrO3. The van der Waals surface area contributed by atoms with Gasteiger partial charge in [0.05, 0.1) is 0 Å². The van der Waals surface area contributed by atoms with Crippen LogP contribution >= 0.6 is 15.9 Å². The third-order valence-electron chi connectivity index (χ3n) is 3.19. The van der Waals surface area contributed by atoms with Gasteiger partial charge in [0.15, 0.2) is 6.61 Å². The number of aryl methyl sites for hydroxylation is 4. The van der Waals surface area contributed by atoms with Gasteiger partial charge in [0.25, 0.3) is 0 Å². The van der Waals surface area contributed by atoms with Crippen molar-refractivity contribution < 1.29 is 14.3 Å².